The second-order valence-electron chi connectivity index (χ2n) is 14.4. The first-order valence-corrected chi connectivity index (χ1v) is 18.8. The normalized spacial score (nSPS) is 19.9. The van der Waals surface area contributed by atoms with Crippen molar-refractivity contribution >= 4 is 17.0 Å². The number of phenols is 1. The molecule has 3 aliphatic heterocycles. The molecule has 0 radical (unpaired) electrons. The molecule has 0 saturated carbocycles. The summed E-state index contributed by atoms with van der Waals surface area (Å²) in [5.41, 5.74) is -0.318. The van der Waals surface area contributed by atoms with E-state index in [1.807, 2.05) is 6.07 Å². The maximum atomic E-state index is 15.7. The van der Waals surface area contributed by atoms with Gasteiger partial charge in [-0.05, 0) is 92.7 Å². The lowest BCUT2D eigenvalue weighted by Gasteiger charge is -2.53. The number of aromatic hydroxyl groups is 1. The molecule has 7 rings (SSSR count). The summed E-state index contributed by atoms with van der Waals surface area (Å²) in [5.74, 6) is -1.68. The number of aromatic nitrogens is 1. The van der Waals surface area contributed by atoms with Crippen LogP contribution >= 0.6 is 0 Å². The van der Waals surface area contributed by atoms with Crippen molar-refractivity contribution in [2.75, 3.05) is 39.3 Å². The number of benzene rings is 3. The van der Waals surface area contributed by atoms with Gasteiger partial charge in [0.1, 0.15) is 17.0 Å². The van der Waals surface area contributed by atoms with Crippen molar-refractivity contribution in [2.45, 2.75) is 69.4 Å². The zero-order valence-electron chi connectivity index (χ0n) is 30.0. The van der Waals surface area contributed by atoms with Crippen LogP contribution in [0.1, 0.15) is 80.6 Å². The van der Waals surface area contributed by atoms with Gasteiger partial charge < -0.3 is 40.6 Å². The predicted octanol–water partition coefficient (Wildman–Crippen LogP) is 6.80. The Morgan fingerprint density at radius 1 is 0.962 bits per heavy atom. The van der Waals surface area contributed by atoms with Gasteiger partial charge in [-0.15, -0.1) is 0 Å². The first kappa shape index (κ1) is 38.2. The molecular formula is C41H50F2N4O6. The van der Waals surface area contributed by atoms with Gasteiger partial charge in [-0.2, -0.15) is 0 Å². The van der Waals surface area contributed by atoms with Gasteiger partial charge in [0.05, 0.1) is 18.2 Å². The monoisotopic (exact) mass is 732 g/mol. The lowest BCUT2D eigenvalue weighted by Crippen LogP contribution is -2.61. The van der Waals surface area contributed by atoms with E-state index in [1.165, 1.54) is 24.3 Å². The molecule has 6 N–H and O–H groups in total. The largest absolute Gasteiger partial charge is 0.506 e. The van der Waals surface area contributed by atoms with Gasteiger partial charge in [-0.1, -0.05) is 62.4 Å². The topological polar surface area (TPSA) is 147 Å². The Morgan fingerprint density at radius 3 is 2.43 bits per heavy atom. The van der Waals surface area contributed by atoms with Gasteiger partial charge in [-0.25, -0.2) is 13.6 Å². The van der Waals surface area contributed by atoms with Gasteiger partial charge >= 0.3 is 6.09 Å². The van der Waals surface area contributed by atoms with Gasteiger partial charge in [0.2, 0.25) is 5.56 Å². The van der Waals surface area contributed by atoms with Crippen LogP contribution in [-0.2, 0) is 5.54 Å². The summed E-state index contributed by atoms with van der Waals surface area (Å²) in [6, 6.07) is 17.3. The minimum Gasteiger partial charge on any atom is -0.506 e. The lowest BCUT2D eigenvalue weighted by molar-refractivity contribution is 0.00603. The number of aromatic amines is 1. The molecule has 53 heavy (non-hydrogen) atoms. The maximum Gasteiger partial charge on any atom is 0.405 e. The van der Waals surface area contributed by atoms with Gasteiger partial charge in [-0.3, -0.25) is 4.79 Å². The van der Waals surface area contributed by atoms with Crippen LogP contribution in [0.15, 0.2) is 71.5 Å². The summed E-state index contributed by atoms with van der Waals surface area (Å²) in [7, 11) is 0. The molecule has 3 fully saturated rings. The van der Waals surface area contributed by atoms with Crippen LogP contribution in [-0.4, -0.2) is 70.6 Å². The SMILES string of the molecule is O=C(O)NC(c1cccc(OCCCCCCCCCNCC(O)c2ccc(O)c3[nH]c(=O)ccc23)c1)(c1cccc(F)c1F)C1CN2CCC1CC2. The zero-order chi connectivity index (χ0) is 37.4. The molecule has 3 aromatic carbocycles. The Kier molecular flexibility index (Phi) is 12.6. The number of hydrogen-bond donors (Lipinski definition) is 6. The molecule has 2 bridgehead atoms. The Morgan fingerprint density at radius 2 is 1.70 bits per heavy atom. The highest BCUT2D eigenvalue weighted by molar-refractivity contribution is 5.87. The van der Waals surface area contributed by atoms with E-state index >= 15 is 4.39 Å². The smallest absolute Gasteiger partial charge is 0.405 e. The van der Waals surface area contributed by atoms with Crippen molar-refractivity contribution in [2.24, 2.45) is 11.8 Å². The van der Waals surface area contributed by atoms with Gasteiger partial charge in [0.15, 0.2) is 11.6 Å². The highest BCUT2D eigenvalue weighted by Gasteiger charge is 2.52. The number of pyridine rings is 1. The van der Waals surface area contributed by atoms with Crippen LogP contribution in [0.2, 0.25) is 0 Å². The second kappa shape index (κ2) is 17.5. The minimum atomic E-state index is -1.50. The Labute approximate surface area is 308 Å². The fraction of sp³-hybridized carbons (Fsp3) is 0.463. The van der Waals surface area contributed by atoms with E-state index in [0.717, 1.165) is 83.5 Å². The molecule has 0 spiro atoms. The highest BCUT2D eigenvalue weighted by Crippen LogP contribution is 2.48. The third-order valence-electron chi connectivity index (χ3n) is 11.1. The highest BCUT2D eigenvalue weighted by atomic mass is 19.2. The molecule has 3 unspecified atom stereocenters. The predicted molar refractivity (Wildman–Crippen MR) is 199 cm³/mol. The zero-order valence-corrected chi connectivity index (χ0v) is 30.0. The van der Waals surface area contributed by atoms with E-state index in [0.29, 0.717) is 47.5 Å². The number of amides is 1. The molecular weight excluding hydrogens is 682 g/mol. The molecule has 3 saturated heterocycles. The third kappa shape index (κ3) is 8.83. The van der Waals surface area contributed by atoms with Crippen molar-refractivity contribution in [3.63, 3.8) is 0 Å². The number of rotatable bonds is 18. The summed E-state index contributed by atoms with van der Waals surface area (Å²) < 4.78 is 36.5. The first-order chi connectivity index (χ1) is 25.7. The number of nitrogens with one attached hydrogen (secondary N) is 3. The molecule has 4 aromatic rings. The summed E-state index contributed by atoms with van der Waals surface area (Å²) in [6.07, 6.45) is 6.80. The van der Waals surface area contributed by atoms with Crippen LogP contribution in [0.25, 0.3) is 10.9 Å². The number of halogens is 2. The number of unbranched alkanes of at least 4 members (excludes halogenated alkanes) is 6. The Balaban J connectivity index is 0.953. The van der Waals surface area contributed by atoms with Crippen molar-refractivity contribution in [1.29, 1.82) is 0 Å². The van der Waals surface area contributed by atoms with Crippen LogP contribution in [0.4, 0.5) is 13.6 Å². The fourth-order valence-electron chi connectivity index (χ4n) is 8.39. The average molecular weight is 733 g/mol. The van der Waals surface area contributed by atoms with Crippen molar-refractivity contribution in [1.82, 2.24) is 20.5 Å². The molecule has 4 heterocycles. The number of H-pyrrole nitrogens is 1. The number of ether oxygens (including phenoxy) is 1. The van der Waals surface area contributed by atoms with E-state index in [9.17, 15) is 29.3 Å². The quantitative estimate of drug-likeness (QED) is 0.0613. The molecule has 1 amide bonds. The number of aliphatic hydroxyl groups excluding tert-OH is 1. The Hall–Kier alpha value is -4.52. The standard InChI is InChI=1S/C41H50F2N4O6/c42-34-13-9-12-32(38(34)43)41(46-40(51)52,33-26-47-21-18-27(33)19-22-47)28-10-8-11-29(24-28)53-23-7-5-3-1-2-4-6-20-44-25-36(49)30-14-16-35(48)39-31(30)15-17-37(50)45-39/h8-17,24,27,33,36,44,46,48-49H,1-7,18-23,25-26H2,(H,45,50)(H,51,52). The number of aliphatic hydroxyl groups is 1. The number of phenolic OH excluding ortho intramolecular Hbond substituents is 1. The summed E-state index contributed by atoms with van der Waals surface area (Å²) in [6.45, 7) is 4.01. The maximum absolute atomic E-state index is 15.7. The third-order valence-corrected chi connectivity index (χ3v) is 11.1. The van der Waals surface area contributed by atoms with Crippen molar-refractivity contribution in [3.8, 4) is 11.5 Å². The van der Waals surface area contributed by atoms with E-state index in [2.05, 4.69) is 20.5 Å². The van der Waals surface area contributed by atoms with E-state index < -0.39 is 29.4 Å². The molecule has 10 nitrogen and oxygen atoms in total. The van der Waals surface area contributed by atoms with Crippen LogP contribution < -0.4 is 20.9 Å². The van der Waals surface area contributed by atoms with Gasteiger partial charge in [0, 0.05) is 36.0 Å². The molecule has 284 valence electrons. The summed E-state index contributed by atoms with van der Waals surface area (Å²) >= 11 is 0. The molecule has 12 heteroatoms. The second-order valence-corrected chi connectivity index (χ2v) is 14.4. The number of hydrogen-bond acceptors (Lipinski definition) is 7. The van der Waals surface area contributed by atoms with E-state index in [4.69, 9.17) is 4.74 Å². The molecule has 0 aliphatic carbocycles. The lowest BCUT2D eigenvalue weighted by atomic mass is 9.63. The number of carbonyl (C=O) groups is 1. The number of piperidine rings is 3. The van der Waals surface area contributed by atoms with Crippen LogP contribution in [0.5, 0.6) is 11.5 Å². The summed E-state index contributed by atoms with van der Waals surface area (Å²) in [4.78, 5) is 29.0. The Bertz CT molecular complexity index is 1920. The van der Waals surface area contributed by atoms with Crippen molar-refractivity contribution in [3.05, 3.63) is 105 Å². The van der Waals surface area contributed by atoms with E-state index in [-0.39, 0.29) is 28.7 Å². The molecule has 3 atom stereocenters. The fourth-order valence-corrected chi connectivity index (χ4v) is 8.39. The van der Waals surface area contributed by atoms with Crippen LogP contribution in [0, 0.1) is 23.5 Å². The van der Waals surface area contributed by atoms with Crippen LogP contribution in [0.3, 0.4) is 0 Å². The minimum absolute atomic E-state index is 0.00782. The summed E-state index contributed by atoms with van der Waals surface area (Å²) in [5, 5.41) is 37.5. The number of fused-ring (bicyclic) bond motifs is 4. The van der Waals surface area contributed by atoms with Crippen molar-refractivity contribution < 1.29 is 33.6 Å². The molecule has 1 aromatic heterocycles. The number of carboxylic acid groups (broad SMARTS) is 1. The molecule has 3 aliphatic rings. The first-order valence-electron chi connectivity index (χ1n) is 18.8. The van der Waals surface area contributed by atoms with E-state index in [1.54, 1.807) is 30.3 Å². The van der Waals surface area contributed by atoms with Gasteiger partial charge in [0.25, 0.3) is 0 Å². The average Bonchev–Trinajstić information content (AvgIpc) is 3.16. The number of nitrogens with zero attached hydrogens (tertiary/aromatic N) is 1.